The van der Waals surface area contributed by atoms with Gasteiger partial charge in [0, 0.05) is 16.5 Å². The van der Waals surface area contributed by atoms with Crippen molar-refractivity contribution in [2.75, 3.05) is 6.61 Å². The van der Waals surface area contributed by atoms with Crippen molar-refractivity contribution in [2.24, 2.45) is 0 Å². The number of Topliss-reactive ketones (excluding diaryl/α,β-unsaturated/α-hetero) is 1. The number of rotatable bonds is 2. The highest BCUT2D eigenvalue weighted by Crippen LogP contribution is 2.24. The number of hydrogen-bond acceptors (Lipinski definition) is 2. The third kappa shape index (κ3) is 2.05. The average Bonchev–Trinajstić information content (AvgIpc) is 2.77. The molecule has 0 saturated carbocycles. The summed E-state index contributed by atoms with van der Waals surface area (Å²) in [4.78, 5) is 12.1. The van der Waals surface area contributed by atoms with Gasteiger partial charge in [0.05, 0.1) is 6.61 Å². The van der Waals surface area contributed by atoms with Crippen LogP contribution >= 0.6 is 15.9 Å². The first-order chi connectivity index (χ1) is 7.59. The molecule has 1 aromatic carbocycles. The Morgan fingerprint density at radius 1 is 1.31 bits per heavy atom. The predicted octanol–water partition coefficient (Wildman–Crippen LogP) is 3.55. The maximum Gasteiger partial charge on any atom is 0.227 e. The molecule has 0 bridgehead atoms. The SMILES string of the molecule is Cc1cc(C(=O)C2=CCCO2)cc(C)c1Br. The molecule has 0 amide bonds. The monoisotopic (exact) mass is 280 g/mol. The topological polar surface area (TPSA) is 26.3 Å². The van der Waals surface area contributed by atoms with Gasteiger partial charge in [0.1, 0.15) is 0 Å². The lowest BCUT2D eigenvalue weighted by Crippen LogP contribution is -2.05. The zero-order valence-corrected chi connectivity index (χ0v) is 10.9. The van der Waals surface area contributed by atoms with E-state index < -0.39 is 0 Å². The van der Waals surface area contributed by atoms with Crippen LogP contribution in [0.4, 0.5) is 0 Å². The number of ether oxygens (including phenoxy) is 1. The number of carbonyl (C=O) groups is 1. The van der Waals surface area contributed by atoms with Crippen LogP contribution in [0, 0.1) is 13.8 Å². The number of allylic oxidation sites excluding steroid dienone is 1. The molecular weight excluding hydrogens is 268 g/mol. The van der Waals surface area contributed by atoms with Gasteiger partial charge in [0.25, 0.3) is 0 Å². The Bertz CT molecular complexity index is 452. The maximum atomic E-state index is 12.1. The predicted molar refractivity (Wildman–Crippen MR) is 66.6 cm³/mol. The average molecular weight is 281 g/mol. The van der Waals surface area contributed by atoms with Crippen LogP contribution in [0.5, 0.6) is 0 Å². The van der Waals surface area contributed by atoms with E-state index in [2.05, 4.69) is 15.9 Å². The standard InChI is InChI=1S/C13H13BrO2/c1-8-6-10(7-9(2)12(8)14)13(15)11-4-3-5-16-11/h4,6-7H,3,5H2,1-2H3. The molecule has 84 valence electrons. The van der Waals surface area contributed by atoms with Crippen molar-refractivity contribution in [3.8, 4) is 0 Å². The summed E-state index contributed by atoms with van der Waals surface area (Å²) in [5.41, 5.74) is 2.84. The molecule has 0 fully saturated rings. The van der Waals surface area contributed by atoms with E-state index in [1.807, 2.05) is 32.1 Å². The Hall–Kier alpha value is -1.09. The molecule has 1 aromatic rings. The molecule has 0 unspecified atom stereocenters. The zero-order valence-electron chi connectivity index (χ0n) is 9.34. The van der Waals surface area contributed by atoms with Crippen LogP contribution in [0.25, 0.3) is 0 Å². The smallest absolute Gasteiger partial charge is 0.227 e. The van der Waals surface area contributed by atoms with Gasteiger partial charge in [-0.2, -0.15) is 0 Å². The summed E-state index contributed by atoms with van der Waals surface area (Å²) in [5, 5.41) is 0. The molecule has 3 heteroatoms. The number of hydrogen-bond donors (Lipinski definition) is 0. The number of halogens is 1. The Morgan fingerprint density at radius 2 is 1.94 bits per heavy atom. The van der Waals surface area contributed by atoms with E-state index in [0.717, 1.165) is 22.0 Å². The molecule has 0 aromatic heterocycles. The largest absolute Gasteiger partial charge is 0.489 e. The molecule has 1 aliphatic heterocycles. The van der Waals surface area contributed by atoms with Gasteiger partial charge in [-0.25, -0.2) is 0 Å². The number of aryl methyl sites for hydroxylation is 2. The highest BCUT2D eigenvalue weighted by Gasteiger charge is 2.18. The minimum absolute atomic E-state index is 0.0174. The van der Waals surface area contributed by atoms with Crippen molar-refractivity contribution in [2.45, 2.75) is 20.3 Å². The van der Waals surface area contributed by atoms with Crippen molar-refractivity contribution >= 4 is 21.7 Å². The first-order valence-corrected chi connectivity index (χ1v) is 6.03. The first-order valence-electron chi connectivity index (χ1n) is 5.24. The van der Waals surface area contributed by atoms with Crippen LogP contribution in [0.2, 0.25) is 0 Å². The molecule has 0 saturated heterocycles. The van der Waals surface area contributed by atoms with E-state index in [-0.39, 0.29) is 5.78 Å². The minimum atomic E-state index is -0.0174. The molecule has 2 nitrogen and oxygen atoms in total. The number of carbonyl (C=O) groups excluding carboxylic acids is 1. The number of ketones is 1. The Kier molecular flexibility index (Phi) is 3.15. The highest BCUT2D eigenvalue weighted by atomic mass is 79.9. The van der Waals surface area contributed by atoms with Crippen molar-refractivity contribution in [3.63, 3.8) is 0 Å². The minimum Gasteiger partial charge on any atom is -0.489 e. The third-order valence-corrected chi connectivity index (χ3v) is 3.88. The van der Waals surface area contributed by atoms with E-state index in [1.165, 1.54) is 0 Å². The summed E-state index contributed by atoms with van der Waals surface area (Å²) in [6, 6.07) is 3.78. The molecular formula is C13H13BrO2. The number of benzene rings is 1. The first kappa shape index (κ1) is 11.4. The summed E-state index contributed by atoms with van der Waals surface area (Å²) in [5.74, 6) is 0.470. The fraction of sp³-hybridized carbons (Fsp3) is 0.308. The highest BCUT2D eigenvalue weighted by molar-refractivity contribution is 9.10. The molecule has 1 aliphatic rings. The third-order valence-electron chi connectivity index (χ3n) is 2.63. The lowest BCUT2D eigenvalue weighted by atomic mass is 10.0. The lowest BCUT2D eigenvalue weighted by molar-refractivity contribution is 0.0942. The maximum absolute atomic E-state index is 12.1. The molecule has 16 heavy (non-hydrogen) atoms. The Balaban J connectivity index is 2.37. The fourth-order valence-corrected chi connectivity index (χ4v) is 2.02. The van der Waals surface area contributed by atoms with Crippen molar-refractivity contribution in [1.29, 1.82) is 0 Å². The van der Waals surface area contributed by atoms with Gasteiger partial charge >= 0.3 is 0 Å². The van der Waals surface area contributed by atoms with Crippen molar-refractivity contribution in [1.82, 2.24) is 0 Å². The van der Waals surface area contributed by atoms with E-state index in [1.54, 1.807) is 0 Å². The van der Waals surface area contributed by atoms with Crippen molar-refractivity contribution < 1.29 is 9.53 Å². The summed E-state index contributed by atoms with van der Waals surface area (Å²) >= 11 is 3.49. The Morgan fingerprint density at radius 3 is 2.44 bits per heavy atom. The molecule has 0 radical (unpaired) electrons. The summed E-state index contributed by atoms with van der Waals surface area (Å²) in [6.45, 7) is 4.59. The summed E-state index contributed by atoms with van der Waals surface area (Å²) in [7, 11) is 0. The van der Waals surface area contributed by atoms with Crippen LogP contribution < -0.4 is 0 Å². The second-order valence-corrected chi connectivity index (χ2v) is 4.75. The second kappa shape index (κ2) is 4.42. The molecule has 0 aliphatic carbocycles. The quantitative estimate of drug-likeness (QED) is 0.775. The van der Waals surface area contributed by atoms with Gasteiger partial charge in [0.2, 0.25) is 5.78 Å². The summed E-state index contributed by atoms with van der Waals surface area (Å²) in [6.07, 6.45) is 2.69. The second-order valence-electron chi connectivity index (χ2n) is 3.96. The van der Waals surface area contributed by atoms with Gasteiger partial charge in [-0.1, -0.05) is 15.9 Å². The van der Waals surface area contributed by atoms with Crippen LogP contribution in [-0.4, -0.2) is 12.4 Å². The van der Waals surface area contributed by atoms with Crippen LogP contribution in [0.1, 0.15) is 27.9 Å². The van der Waals surface area contributed by atoms with E-state index in [9.17, 15) is 4.79 Å². The van der Waals surface area contributed by atoms with Crippen LogP contribution in [-0.2, 0) is 4.74 Å². The normalized spacial score (nSPS) is 14.6. The van der Waals surface area contributed by atoms with Gasteiger partial charge in [-0.3, -0.25) is 4.79 Å². The summed E-state index contributed by atoms with van der Waals surface area (Å²) < 4.78 is 6.34. The van der Waals surface area contributed by atoms with Gasteiger partial charge in [-0.15, -0.1) is 0 Å². The van der Waals surface area contributed by atoms with E-state index in [4.69, 9.17) is 4.74 Å². The molecule has 0 spiro atoms. The van der Waals surface area contributed by atoms with E-state index >= 15 is 0 Å². The van der Waals surface area contributed by atoms with Gasteiger partial charge < -0.3 is 4.74 Å². The Labute approximate surface area is 103 Å². The molecule has 0 atom stereocenters. The van der Waals surface area contributed by atoms with E-state index in [0.29, 0.717) is 17.9 Å². The van der Waals surface area contributed by atoms with Crippen LogP contribution in [0.15, 0.2) is 28.4 Å². The van der Waals surface area contributed by atoms with Crippen molar-refractivity contribution in [3.05, 3.63) is 45.1 Å². The van der Waals surface area contributed by atoms with Gasteiger partial charge in [-0.05, 0) is 43.2 Å². The fourth-order valence-electron chi connectivity index (χ4n) is 1.80. The molecule has 0 N–H and O–H groups in total. The zero-order chi connectivity index (χ0) is 11.7. The van der Waals surface area contributed by atoms with Crippen LogP contribution in [0.3, 0.4) is 0 Å². The van der Waals surface area contributed by atoms with Gasteiger partial charge in [0.15, 0.2) is 5.76 Å². The lowest BCUT2D eigenvalue weighted by Gasteiger charge is -2.08. The molecule has 1 heterocycles. The molecule has 2 rings (SSSR count).